The number of amides is 1. The quantitative estimate of drug-likeness (QED) is 0.341. The molecule has 0 bridgehead atoms. The van der Waals surface area contributed by atoms with Crippen LogP contribution in [-0.4, -0.2) is 62.5 Å². The van der Waals surface area contributed by atoms with Crippen LogP contribution in [0.2, 0.25) is 5.02 Å². The third kappa shape index (κ3) is 5.88. The van der Waals surface area contributed by atoms with Gasteiger partial charge in [-0.3, -0.25) is 14.9 Å². The van der Waals surface area contributed by atoms with Gasteiger partial charge >= 0.3 is 0 Å². The predicted octanol–water partition coefficient (Wildman–Crippen LogP) is 0.596. The summed E-state index contributed by atoms with van der Waals surface area (Å²) < 4.78 is 27.0. The number of nitro benzene ring substituents is 1. The topological polar surface area (TPSA) is 126 Å². The molecule has 0 radical (unpaired) electrons. The van der Waals surface area contributed by atoms with Crippen LogP contribution in [0.4, 0.5) is 5.69 Å². The average molecular weight is 481 g/mol. The highest BCUT2D eigenvalue weighted by molar-refractivity contribution is 7.89. The summed E-state index contributed by atoms with van der Waals surface area (Å²) in [5.74, 6) is -0.338. The Bertz CT molecular complexity index is 1130. The Morgan fingerprint density at radius 1 is 1.25 bits per heavy atom. The van der Waals surface area contributed by atoms with Crippen LogP contribution in [0.25, 0.3) is 0 Å². The summed E-state index contributed by atoms with van der Waals surface area (Å²) in [6, 6.07) is 10.9. The van der Waals surface area contributed by atoms with Gasteiger partial charge in [0.25, 0.3) is 11.6 Å². The number of nitrogens with one attached hydrogen (secondary N) is 2. The molecule has 3 rings (SSSR count). The average Bonchev–Trinajstić information content (AvgIpc) is 2.75. The zero-order valence-electron chi connectivity index (χ0n) is 17.3. The zero-order valence-corrected chi connectivity index (χ0v) is 18.9. The first-order valence-electron chi connectivity index (χ1n) is 9.83. The van der Waals surface area contributed by atoms with Crippen molar-refractivity contribution in [2.75, 3.05) is 32.7 Å². The van der Waals surface area contributed by atoms with Gasteiger partial charge in [0.05, 0.1) is 42.2 Å². The van der Waals surface area contributed by atoms with Gasteiger partial charge in [-0.05, 0) is 25.1 Å². The largest absolute Gasteiger partial charge is 0.325 e. The Morgan fingerprint density at radius 3 is 2.53 bits per heavy atom. The lowest BCUT2D eigenvalue weighted by atomic mass is 10.2. The van der Waals surface area contributed by atoms with E-state index in [0.29, 0.717) is 31.7 Å². The van der Waals surface area contributed by atoms with Crippen molar-refractivity contribution in [1.29, 1.82) is 0 Å². The Kier molecular flexibility index (Phi) is 7.56. The number of rotatable bonds is 7. The molecule has 1 aliphatic heterocycles. The van der Waals surface area contributed by atoms with Gasteiger partial charge in [-0.25, -0.2) is 13.8 Å². The molecule has 1 saturated heterocycles. The second-order valence-corrected chi connectivity index (χ2v) is 9.75. The van der Waals surface area contributed by atoms with E-state index in [1.165, 1.54) is 22.7 Å². The molecule has 12 heteroatoms. The number of halogens is 1. The fraction of sp³-hybridized carbons (Fsp3) is 0.300. The fourth-order valence-corrected chi connectivity index (χ4v) is 4.90. The minimum Gasteiger partial charge on any atom is -0.325 e. The lowest BCUT2D eigenvalue weighted by Crippen LogP contribution is -3.15. The van der Waals surface area contributed by atoms with Crippen molar-refractivity contribution < 1.29 is 23.0 Å². The Hall–Kier alpha value is -2.86. The van der Waals surface area contributed by atoms with Gasteiger partial charge in [0.15, 0.2) is 6.54 Å². The Labute approximate surface area is 190 Å². The minimum absolute atomic E-state index is 0.0170. The smallest absolute Gasteiger partial charge is 0.295 e. The number of piperazine rings is 1. The van der Waals surface area contributed by atoms with Gasteiger partial charge in [-0.1, -0.05) is 35.4 Å². The molecule has 1 heterocycles. The van der Waals surface area contributed by atoms with Crippen LogP contribution in [0.3, 0.4) is 0 Å². The summed E-state index contributed by atoms with van der Waals surface area (Å²) in [6.07, 6.45) is 1.29. The highest BCUT2D eigenvalue weighted by atomic mass is 35.5. The molecule has 1 fully saturated rings. The third-order valence-electron chi connectivity index (χ3n) is 5.07. The molecule has 2 aromatic rings. The highest BCUT2D eigenvalue weighted by Crippen LogP contribution is 2.24. The first-order chi connectivity index (χ1) is 15.2. The van der Waals surface area contributed by atoms with E-state index in [0.717, 1.165) is 10.5 Å². The van der Waals surface area contributed by atoms with Crippen LogP contribution >= 0.6 is 11.6 Å². The molecule has 32 heavy (non-hydrogen) atoms. The predicted molar refractivity (Wildman–Crippen MR) is 119 cm³/mol. The first kappa shape index (κ1) is 23.8. The number of benzene rings is 2. The molecule has 1 aliphatic rings. The van der Waals surface area contributed by atoms with E-state index in [9.17, 15) is 23.3 Å². The second kappa shape index (κ2) is 10.2. The molecule has 2 N–H and O–H groups in total. The standard InChI is InChI=1S/C20H22ClN5O5S/c1-15-2-5-17(6-3-15)32(30,31)25-10-8-24(9-11-25)14-20(27)23-22-13-16-4-7-18(21)19(12-16)26(28)29/h2-7,12-13H,8-11,14H2,1H3,(H,23,27)/p+1/b22-13+. The molecule has 10 nitrogen and oxygen atoms in total. The van der Waals surface area contributed by atoms with Crippen LogP contribution in [0.5, 0.6) is 0 Å². The number of nitrogens with zero attached hydrogens (tertiary/aromatic N) is 3. The monoisotopic (exact) mass is 480 g/mol. The highest BCUT2D eigenvalue weighted by Gasteiger charge is 2.31. The minimum atomic E-state index is -3.55. The number of quaternary nitrogens is 1. The summed E-state index contributed by atoms with van der Waals surface area (Å²) in [5.41, 5.74) is 3.55. The van der Waals surface area contributed by atoms with Crippen molar-refractivity contribution in [2.45, 2.75) is 11.8 Å². The van der Waals surface area contributed by atoms with Crippen molar-refractivity contribution in [3.05, 3.63) is 68.7 Å². The van der Waals surface area contributed by atoms with Gasteiger partial charge < -0.3 is 4.90 Å². The van der Waals surface area contributed by atoms with Crippen LogP contribution in [0.1, 0.15) is 11.1 Å². The maximum atomic E-state index is 12.8. The van der Waals surface area contributed by atoms with E-state index in [2.05, 4.69) is 10.5 Å². The number of aryl methyl sites for hydroxylation is 1. The number of hydrazone groups is 1. The van der Waals surface area contributed by atoms with E-state index in [1.54, 1.807) is 30.3 Å². The van der Waals surface area contributed by atoms with Crippen LogP contribution < -0.4 is 10.3 Å². The maximum absolute atomic E-state index is 12.8. The zero-order chi connectivity index (χ0) is 23.3. The van der Waals surface area contributed by atoms with Gasteiger partial charge in [0, 0.05) is 11.6 Å². The van der Waals surface area contributed by atoms with Gasteiger partial charge in [0.1, 0.15) is 5.02 Å². The molecular formula is C20H23ClN5O5S+. The van der Waals surface area contributed by atoms with Crippen LogP contribution in [0.15, 0.2) is 52.5 Å². The molecule has 1 amide bonds. The third-order valence-corrected chi connectivity index (χ3v) is 7.30. The molecule has 0 saturated carbocycles. The number of nitro groups is 1. The lowest BCUT2D eigenvalue weighted by molar-refractivity contribution is -0.895. The molecule has 2 aromatic carbocycles. The van der Waals surface area contributed by atoms with Crippen molar-refractivity contribution in [1.82, 2.24) is 9.73 Å². The van der Waals surface area contributed by atoms with E-state index in [4.69, 9.17) is 11.6 Å². The SMILES string of the molecule is Cc1ccc(S(=O)(=O)N2CC[NH+](CC(=O)N/N=C/c3ccc(Cl)c([N+](=O)[O-])c3)CC2)cc1. The van der Waals surface area contributed by atoms with Crippen molar-refractivity contribution >= 4 is 39.4 Å². The normalized spacial score (nSPS) is 15.7. The summed E-state index contributed by atoms with van der Waals surface area (Å²) in [5, 5.41) is 14.8. The summed E-state index contributed by atoms with van der Waals surface area (Å²) >= 11 is 5.76. The Morgan fingerprint density at radius 2 is 1.91 bits per heavy atom. The summed E-state index contributed by atoms with van der Waals surface area (Å²) in [4.78, 5) is 23.7. The van der Waals surface area contributed by atoms with Crippen LogP contribution in [-0.2, 0) is 14.8 Å². The number of carbonyl (C=O) groups excluding carboxylic acids is 1. The van der Waals surface area contributed by atoms with E-state index in [1.807, 2.05) is 6.92 Å². The number of hydrogen-bond acceptors (Lipinski definition) is 6. The molecule has 0 spiro atoms. The summed E-state index contributed by atoms with van der Waals surface area (Å²) in [7, 11) is -3.55. The van der Waals surface area contributed by atoms with E-state index < -0.39 is 14.9 Å². The van der Waals surface area contributed by atoms with Gasteiger partial charge in [0.2, 0.25) is 10.0 Å². The van der Waals surface area contributed by atoms with Crippen LogP contribution in [0, 0.1) is 17.0 Å². The lowest BCUT2D eigenvalue weighted by Gasteiger charge is -2.31. The van der Waals surface area contributed by atoms with E-state index >= 15 is 0 Å². The first-order valence-corrected chi connectivity index (χ1v) is 11.6. The number of hydrogen-bond donors (Lipinski definition) is 2. The van der Waals surface area contributed by atoms with Gasteiger partial charge in [-0.15, -0.1) is 0 Å². The van der Waals surface area contributed by atoms with Crippen molar-refractivity contribution in [3.63, 3.8) is 0 Å². The van der Waals surface area contributed by atoms with E-state index in [-0.39, 0.29) is 28.1 Å². The molecule has 0 aliphatic carbocycles. The fourth-order valence-electron chi connectivity index (χ4n) is 3.27. The summed E-state index contributed by atoms with van der Waals surface area (Å²) in [6.45, 7) is 3.65. The molecule has 0 unspecified atom stereocenters. The molecule has 170 valence electrons. The molecule has 0 atom stereocenters. The van der Waals surface area contributed by atoms with Gasteiger partial charge in [-0.2, -0.15) is 9.41 Å². The number of sulfonamides is 1. The molecule has 0 aromatic heterocycles. The Balaban J connectivity index is 1.49. The second-order valence-electron chi connectivity index (χ2n) is 7.41. The molecular weight excluding hydrogens is 458 g/mol. The number of carbonyl (C=O) groups is 1. The van der Waals surface area contributed by atoms with Crippen molar-refractivity contribution in [3.8, 4) is 0 Å². The van der Waals surface area contributed by atoms with Crippen molar-refractivity contribution in [2.24, 2.45) is 5.10 Å². The maximum Gasteiger partial charge on any atom is 0.295 e.